The van der Waals surface area contributed by atoms with Gasteiger partial charge in [-0.15, -0.1) is 0 Å². The second-order valence-corrected chi connectivity index (χ2v) is 10.0. The number of halogens is 3. The van der Waals surface area contributed by atoms with E-state index in [1.54, 1.807) is 35.1 Å². The number of rotatable bonds is 4. The number of para-hydroxylation sites is 1. The normalized spacial score (nSPS) is 14.5. The quantitative estimate of drug-likeness (QED) is 0.338. The number of anilines is 3. The highest BCUT2D eigenvalue weighted by molar-refractivity contribution is 6.37. The van der Waals surface area contributed by atoms with E-state index in [4.69, 9.17) is 34.8 Å². The van der Waals surface area contributed by atoms with Gasteiger partial charge in [-0.1, -0.05) is 40.9 Å². The number of likely N-dealkylation sites (N-methyl/N-ethyl adjacent to an activating group) is 1. The van der Waals surface area contributed by atoms with Gasteiger partial charge in [-0.05, 0) is 37.4 Å². The lowest BCUT2D eigenvalue weighted by molar-refractivity contribution is 0.313. The van der Waals surface area contributed by atoms with Crippen LogP contribution in [0.2, 0.25) is 15.1 Å². The summed E-state index contributed by atoms with van der Waals surface area (Å²) < 4.78 is 2.96. The number of nitrogens with zero attached hydrogens (tertiary/aromatic N) is 7. The Morgan fingerprint density at radius 2 is 1.70 bits per heavy atom. The summed E-state index contributed by atoms with van der Waals surface area (Å²) in [6, 6.07) is 10.9. The van der Waals surface area contributed by atoms with Crippen LogP contribution in [0.5, 0.6) is 0 Å². The van der Waals surface area contributed by atoms with Crippen molar-refractivity contribution in [3.8, 4) is 5.69 Å². The molecule has 0 bridgehead atoms. The first-order chi connectivity index (χ1) is 17.9. The summed E-state index contributed by atoms with van der Waals surface area (Å²) in [4.78, 5) is 31.6. The van der Waals surface area contributed by atoms with E-state index in [0.717, 1.165) is 37.6 Å². The molecule has 1 fully saturated rings. The molecule has 1 N–H and O–H groups in total. The first kappa shape index (κ1) is 24.0. The fraction of sp³-hybridized carbons (Fsp3) is 0.200. The van der Waals surface area contributed by atoms with E-state index in [2.05, 4.69) is 37.1 Å². The van der Waals surface area contributed by atoms with Crippen molar-refractivity contribution in [2.24, 2.45) is 0 Å². The van der Waals surface area contributed by atoms with Crippen LogP contribution in [0.1, 0.15) is 0 Å². The van der Waals surface area contributed by atoms with Gasteiger partial charge in [0.05, 0.1) is 26.1 Å². The van der Waals surface area contributed by atoms with Crippen LogP contribution in [0.25, 0.3) is 22.2 Å². The number of benzene rings is 2. The summed E-state index contributed by atoms with van der Waals surface area (Å²) in [5, 5.41) is 4.79. The van der Waals surface area contributed by atoms with Gasteiger partial charge in [0.15, 0.2) is 5.65 Å². The van der Waals surface area contributed by atoms with Gasteiger partial charge in [0.25, 0.3) is 5.56 Å². The fourth-order valence-electron chi connectivity index (χ4n) is 4.53. The van der Waals surface area contributed by atoms with Crippen LogP contribution >= 0.6 is 34.8 Å². The maximum atomic E-state index is 13.5. The minimum Gasteiger partial charge on any atom is -0.368 e. The fourth-order valence-corrected chi connectivity index (χ4v) is 5.38. The SMILES string of the molecule is CN1CCN(c2ccc(Nc3ncc4c(=O)n(-c5c(Cl)cccc5Cl)n5ccnc5c4n3)cc2Cl)CC1. The van der Waals surface area contributed by atoms with Gasteiger partial charge in [0, 0.05) is 50.5 Å². The maximum Gasteiger partial charge on any atom is 0.281 e. The first-order valence-corrected chi connectivity index (χ1v) is 12.7. The highest BCUT2D eigenvalue weighted by Gasteiger charge is 2.20. The Balaban J connectivity index is 1.38. The van der Waals surface area contributed by atoms with Crippen LogP contribution in [0.3, 0.4) is 0 Å². The average molecular weight is 556 g/mol. The lowest BCUT2D eigenvalue weighted by Crippen LogP contribution is -2.44. The van der Waals surface area contributed by atoms with Crippen LogP contribution < -0.4 is 15.8 Å². The van der Waals surface area contributed by atoms with Crippen molar-refractivity contribution < 1.29 is 0 Å². The largest absolute Gasteiger partial charge is 0.368 e. The van der Waals surface area contributed by atoms with Crippen molar-refractivity contribution >= 4 is 68.7 Å². The van der Waals surface area contributed by atoms with Gasteiger partial charge in [-0.2, -0.15) is 0 Å². The molecule has 0 amide bonds. The monoisotopic (exact) mass is 554 g/mol. The molecule has 2 aromatic carbocycles. The lowest BCUT2D eigenvalue weighted by atomic mass is 10.2. The minimum absolute atomic E-state index is 0.281. The smallest absolute Gasteiger partial charge is 0.281 e. The molecule has 12 heteroatoms. The molecule has 6 rings (SSSR count). The van der Waals surface area contributed by atoms with Crippen LogP contribution in [-0.4, -0.2) is 62.3 Å². The number of aromatic nitrogens is 5. The standard InChI is InChI=1S/C25H21Cl3N8O/c1-33-9-11-34(12-10-33)20-6-5-15(13-19(20)28)31-25-30-14-16-21(32-25)23-29-7-8-35(23)36(24(16)37)22-17(26)3-2-4-18(22)27/h2-8,13-14H,9-12H2,1H3,(H,30,31,32). The minimum atomic E-state index is -0.373. The number of hydrogen-bond donors (Lipinski definition) is 1. The second-order valence-electron chi connectivity index (χ2n) is 8.82. The Labute approximate surface area is 226 Å². The summed E-state index contributed by atoms with van der Waals surface area (Å²) >= 11 is 19.5. The highest BCUT2D eigenvalue weighted by Crippen LogP contribution is 2.31. The first-order valence-electron chi connectivity index (χ1n) is 11.6. The van der Waals surface area contributed by atoms with Crippen molar-refractivity contribution in [3.63, 3.8) is 0 Å². The maximum absolute atomic E-state index is 13.5. The Hall–Kier alpha value is -3.37. The van der Waals surface area contributed by atoms with Crippen molar-refractivity contribution in [2.75, 3.05) is 43.4 Å². The number of fused-ring (bicyclic) bond motifs is 3. The van der Waals surface area contributed by atoms with E-state index >= 15 is 0 Å². The third-order valence-corrected chi connectivity index (χ3v) is 7.37. The molecule has 0 unspecified atom stereocenters. The second kappa shape index (κ2) is 9.50. The van der Waals surface area contributed by atoms with Crippen LogP contribution in [0.4, 0.5) is 17.3 Å². The summed E-state index contributed by atoms with van der Waals surface area (Å²) in [5.74, 6) is 0.314. The zero-order valence-electron chi connectivity index (χ0n) is 19.7. The molecule has 0 saturated carbocycles. The highest BCUT2D eigenvalue weighted by atomic mass is 35.5. The molecule has 0 spiro atoms. The van der Waals surface area contributed by atoms with Crippen molar-refractivity contribution in [1.82, 2.24) is 29.0 Å². The van der Waals surface area contributed by atoms with E-state index in [1.165, 1.54) is 10.9 Å². The molecular formula is C25H21Cl3N8O. The third-order valence-electron chi connectivity index (χ3n) is 6.46. The molecule has 9 nitrogen and oxygen atoms in total. The molecule has 3 aromatic heterocycles. The molecular weight excluding hydrogens is 535 g/mol. The van der Waals surface area contributed by atoms with Gasteiger partial charge < -0.3 is 15.1 Å². The predicted molar refractivity (Wildman–Crippen MR) is 148 cm³/mol. The molecule has 5 aromatic rings. The van der Waals surface area contributed by atoms with Gasteiger partial charge in [0.1, 0.15) is 11.2 Å². The van der Waals surface area contributed by atoms with E-state index in [1.807, 2.05) is 18.2 Å². The lowest BCUT2D eigenvalue weighted by Gasteiger charge is -2.34. The van der Waals surface area contributed by atoms with E-state index < -0.39 is 0 Å². The summed E-state index contributed by atoms with van der Waals surface area (Å²) in [6.07, 6.45) is 4.71. The molecule has 4 heterocycles. The zero-order chi connectivity index (χ0) is 25.7. The Morgan fingerprint density at radius 3 is 2.43 bits per heavy atom. The average Bonchev–Trinajstić information content (AvgIpc) is 3.36. The van der Waals surface area contributed by atoms with Crippen LogP contribution in [0.15, 0.2) is 59.8 Å². The van der Waals surface area contributed by atoms with Crippen LogP contribution in [0, 0.1) is 0 Å². The Kier molecular flexibility index (Phi) is 6.16. The molecule has 37 heavy (non-hydrogen) atoms. The third kappa shape index (κ3) is 4.27. The van der Waals surface area contributed by atoms with Gasteiger partial charge in [-0.3, -0.25) is 4.79 Å². The predicted octanol–water partition coefficient (Wildman–Crippen LogP) is 4.88. The van der Waals surface area contributed by atoms with Gasteiger partial charge in [0.2, 0.25) is 5.95 Å². The Bertz CT molecular complexity index is 1690. The number of imidazole rings is 1. The molecule has 0 atom stereocenters. The zero-order valence-corrected chi connectivity index (χ0v) is 22.0. The van der Waals surface area contributed by atoms with Crippen molar-refractivity contribution in [3.05, 3.63) is 80.4 Å². The van der Waals surface area contributed by atoms with E-state index in [-0.39, 0.29) is 10.9 Å². The molecule has 0 radical (unpaired) electrons. The number of hydrogen-bond acceptors (Lipinski definition) is 7. The van der Waals surface area contributed by atoms with Crippen molar-refractivity contribution in [1.29, 1.82) is 0 Å². The molecule has 1 aliphatic rings. The topological polar surface area (TPSA) is 83.6 Å². The number of piperazine rings is 1. The van der Waals surface area contributed by atoms with Crippen LogP contribution in [-0.2, 0) is 0 Å². The van der Waals surface area contributed by atoms with Gasteiger partial charge in [-0.25, -0.2) is 24.1 Å². The summed E-state index contributed by atoms with van der Waals surface area (Å²) in [7, 11) is 2.12. The molecule has 0 aliphatic carbocycles. The molecule has 1 saturated heterocycles. The Morgan fingerprint density at radius 1 is 0.946 bits per heavy atom. The number of nitrogens with one attached hydrogen (secondary N) is 1. The van der Waals surface area contributed by atoms with E-state index in [0.29, 0.717) is 37.9 Å². The summed E-state index contributed by atoms with van der Waals surface area (Å²) in [5.41, 5.74) is 2.57. The molecule has 1 aliphatic heterocycles. The van der Waals surface area contributed by atoms with Gasteiger partial charge >= 0.3 is 0 Å². The van der Waals surface area contributed by atoms with E-state index in [9.17, 15) is 4.79 Å². The van der Waals surface area contributed by atoms with Crippen molar-refractivity contribution in [2.45, 2.75) is 0 Å². The summed E-state index contributed by atoms with van der Waals surface area (Å²) in [6.45, 7) is 3.84. The molecule has 188 valence electrons.